The molecular formula is C17H12Br2Cl2O3. The van der Waals surface area contributed by atoms with Gasteiger partial charge in [-0.2, -0.15) is 0 Å². The molecule has 0 bridgehead atoms. The number of carbonyl (C=O) groups is 2. The van der Waals surface area contributed by atoms with Gasteiger partial charge in [-0.15, -0.1) is 0 Å². The second kappa shape index (κ2) is 8.48. The first kappa shape index (κ1) is 19.4. The summed E-state index contributed by atoms with van der Waals surface area (Å²) in [5.41, 5.74) is 0.342. The largest absolute Gasteiger partial charge is 0.461 e. The van der Waals surface area contributed by atoms with E-state index in [2.05, 4.69) is 31.9 Å². The van der Waals surface area contributed by atoms with Gasteiger partial charge in [0.1, 0.15) is 4.49 Å². The van der Waals surface area contributed by atoms with Crippen LogP contribution in [-0.4, -0.2) is 22.2 Å². The number of rotatable bonds is 7. The van der Waals surface area contributed by atoms with Gasteiger partial charge in [0.15, 0.2) is 11.5 Å². The number of hydrogen-bond acceptors (Lipinski definition) is 3. The van der Waals surface area contributed by atoms with Crippen LogP contribution in [-0.2, 0) is 10.2 Å². The van der Waals surface area contributed by atoms with E-state index >= 15 is 0 Å². The van der Waals surface area contributed by atoms with Crippen molar-refractivity contribution in [3.05, 3.63) is 70.1 Å². The summed E-state index contributed by atoms with van der Waals surface area (Å²) in [5.74, 6) is -0.186. The van der Waals surface area contributed by atoms with Crippen LogP contribution < -0.4 is 0 Å². The first-order chi connectivity index (χ1) is 11.4. The maximum atomic E-state index is 12.6. The van der Waals surface area contributed by atoms with Crippen LogP contribution in [0.15, 0.2) is 57.6 Å². The highest BCUT2D eigenvalue weighted by atomic mass is 79.9. The van der Waals surface area contributed by atoms with Crippen molar-refractivity contribution < 1.29 is 14.0 Å². The van der Waals surface area contributed by atoms with Gasteiger partial charge in [0.2, 0.25) is 5.78 Å². The Balaban J connectivity index is 2.38. The average Bonchev–Trinajstić information content (AvgIpc) is 3.10. The molecule has 0 spiro atoms. The van der Waals surface area contributed by atoms with E-state index in [0.717, 1.165) is 5.56 Å². The molecule has 3 nitrogen and oxygen atoms in total. The molecule has 0 aliphatic heterocycles. The lowest BCUT2D eigenvalue weighted by atomic mass is 9.80. The third-order valence-electron chi connectivity index (χ3n) is 3.61. The predicted molar refractivity (Wildman–Crippen MR) is 103 cm³/mol. The normalized spacial score (nSPS) is 11.2. The van der Waals surface area contributed by atoms with Gasteiger partial charge in [-0.25, -0.2) is 0 Å². The maximum absolute atomic E-state index is 12.6. The number of halogens is 4. The summed E-state index contributed by atoms with van der Waals surface area (Å²) >= 11 is 18.0. The Labute approximate surface area is 166 Å². The van der Waals surface area contributed by atoms with Crippen molar-refractivity contribution in [1.82, 2.24) is 0 Å². The smallest absolute Gasteiger partial charge is 0.228 e. The first-order valence-corrected chi connectivity index (χ1v) is 9.82. The molecule has 1 aromatic heterocycles. The van der Waals surface area contributed by atoms with E-state index < -0.39 is 5.41 Å². The van der Waals surface area contributed by atoms with Gasteiger partial charge in [0.25, 0.3) is 0 Å². The summed E-state index contributed by atoms with van der Waals surface area (Å²) in [7, 11) is 0. The molecule has 0 fully saturated rings. The van der Waals surface area contributed by atoms with Gasteiger partial charge < -0.3 is 4.42 Å². The fraction of sp³-hybridized carbons (Fsp3) is 0.176. The molecule has 2 rings (SSSR count). The number of furan rings is 1. The number of benzene rings is 1. The minimum absolute atomic E-state index is 0.101. The number of hydrogen-bond donors (Lipinski definition) is 0. The van der Waals surface area contributed by atoms with E-state index in [1.807, 2.05) is 0 Å². The van der Waals surface area contributed by atoms with Crippen LogP contribution in [0.5, 0.6) is 0 Å². The maximum Gasteiger partial charge on any atom is 0.228 e. The lowest BCUT2D eigenvalue weighted by molar-refractivity contribution is -0.118. The Hall–Kier alpha value is -0.880. The second-order valence-electron chi connectivity index (χ2n) is 5.03. The number of carbonyl (C=O) groups excluding carboxylic acids is 2. The van der Waals surface area contributed by atoms with Crippen LogP contribution in [0.25, 0.3) is 0 Å². The minimum atomic E-state index is -0.874. The van der Waals surface area contributed by atoms with Gasteiger partial charge in [-0.3, -0.25) is 9.59 Å². The standard InChI is InChI=1S/C17H12Br2Cl2O3/c18-9-17(10-19,14(22)8-15(20)21)12-5-3-11(4-6-12)16(23)13-2-1-7-24-13/h1-8H,9-10H2. The van der Waals surface area contributed by atoms with Crippen LogP contribution in [0.4, 0.5) is 0 Å². The van der Waals surface area contributed by atoms with Crippen molar-refractivity contribution in [1.29, 1.82) is 0 Å². The lowest BCUT2D eigenvalue weighted by Crippen LogP contribution is -2.38. The molecule has 24 heavy (non-hydrogen) atoms. The summed E-state index contributed by atoms with van der Waals surface area (Å²) in [6.07, 6.45) is 2.64. The van der Waals surface area contributed by atoms with Gasteiger partial charge in [-0.05, 0) is 17.7 Å². The van der Waals surface area contributed by atoms with Crippen molar-refractivity contribution in [2.24, 2.45) is 0 Å². The second-order valence-corrected chi connectivity index (χ2v) is 7.16. The molecule has 0 saturated carbocycles. The molecule has 126 valence electrons. The first-order valence-electron chi connectivity index (χ1n) is 6.82. The molecule has 7 heteroatoms. The van der Waals surface area contributed by atoms with Crippen molar-refractivity contribution in [3.63, 3.8) is 0 Å². The Kier molecular flexibility index (Phi) is 6.87. The number of allylic oxidation sites excluding steroid dienone is 1. The highest BCUT2D eigenvalue weighted by Crippen LogP contribution is 2.32. The Morgan fingerprint density at radius 3 is 2.17 bits per heavy atom. The van der Waals surface area contributed by atoms with Crippen LogP contribution >= 0.6 is 55.1 Å². The van der Waals surface area contributed by atoms with Crippen molar-refractivity contribution in [3.8, 4) is 0 Å². The van der Waals surface area contributed by atoms with Crippen molar-refractivity contribution in [2.45, 2.75) is 5.41 Å². The summed E-state index contributed by atoms with van der Waals surface area (Å²) in [6, 6.07) is 10.1. The van der Waals surface area contributed by atoms with E-state index in [1.165, 1.54) is 12.3 Å². The minimum Gasteiger partial charge on any atom is -0.461 e. The quantitative estimate of drug-likeness (QED) is 0.293. The molecule has 0 N–H and O–H groups in total. The SMILES string of the molecule is O=C(c1ccc(C(CBr)(CBr)C(=O)C=C(Cl)Cl)cc1)c1ccco1. The fourth-order valence-corrected chi connectivity index (χ4v) is 4.52. The van der Waals surface area contributed by atoms with E-state index in [-0.39, 0.29) is 21.8 Å². The monoisotopic (exact) mass is 492 g/mol. The summed E-state index contributed by atoms with van der Waals surface area (Å²) in [5, 5.41) is 0.736. The Morgan fingerprint density at radius 2 is 1.71 bits per heavy atom. The lowest BCUT2D eigenvalue weighted by Gasteiger charge is -2.28. The highest BCUT2D eigenvalue weighted by molar-refractivity contribution is 9.09. The zero-order valence-electron chi connectivity index (χ0n) is 12.3. The van der Waals surface area contributed by atoms with Gasteiger partial charge >= 0.3 is 0 Å². The molecule has 0 radical (unpaired) electrons. The molecule has 0 atom stereocenters. The van der Waals surface area contributed by atoms with Gasteiger partial charge in [0, 0.05) is 22.3 Å². The molecule has 1 aromatic carbocycles. The molecule has 0 aliphatic carbocycles. The van der Waals surface area contributed by atoms with E-state index in [4.69, 9.17) is 27.6 Å². The van der Waals surface area contributed by atoms with E-state index in [0.29, 0.717) is 16.2 Å². The average molecular weight is 495 g/mol. The van der Waals surface area contributed by atoms with Crippen LogP contribution in [0, 0.1) is 0 Å². The zero-order chi connectivity index (χ0) is 17.7. The Bertz CT molecular complexity index is 745. The topological polar surface area (TPSA) is 47.3 Å². The Morgan fingerprint density at radius 1 is 1.08 bits per heavy atom. The molecular weight excluding hydrogens is 483 g/mol. The van der Waals surface area contributed by atoms with E-state index in [1.54, 1.807) is 36.4 Å². The third kappa shape index (κ3) is 4.02. The molecule has 0 saturated heterocycles. The summed E-state index contributed by atoms with van der Waals surface area (Å²) < 4.78 is 5.01. The van der Waals surface area contributed by atoms with Crippen molar-refractivity contribution in [2.75, 3.05) is 10.7 Å². The van der Waals surface area contributed by atoms with Gasteiger partial charge in [-0.1, -0.05) is 79.3 Å². The molecule has 1 heterocycles. The zero-order valence-corrected chi connectivity index (χ0v) is 17.0. The molecule has 0 amide bonds. The number of ketones is 2. The summed E-state index contributed by atoms with van der Waals surface area (Å²) in [4.78, 5) is 24.8. The van der Waals surface area contributed by atoms with Gasteiger partial charge in [0.05, 0.1) is 11.7 Å². The molecule has 0 aliphatic rings. The predicted octanol–water partition coefficient (Wildman–Crippen LogP) is 5.43. The molecule has 0 unspecified atom stereocenters. The van der Waals surface area contributed by atoms with Crippen molar-refractivity contribution >= 4 is 66.6 Å². The third-order valence-corrected chi connectivity index (χ3v) is 5.75. The number of alkyl halides is 2. The fourth-order valence-electron chi connectivity index (χ4n) is 2.19. The van der Waals surface area contributed by atoms with E-state index in [9.17, 15) is 9.59 Å². The van der Waals surface area contributed by atoms with Crippen LogP contribution in [0.2, 0.25) is 0 Å². The van der Waals surface area contributed by atoms with Crippen LogP contribution in [0.1, 0.15) is 21.7 Å². The molecule has 2 aromatic rings. The highest BCUT2D eigenvalue weighted by Gasteiger charge is 2.37. The summed E-state index contributed by atoms with van der Waals surface area (Å²) in [6.45, 7) is 0. The van der Waals surface area contributed by atoms with Crippen LogP contribution in [0.3, 0.4) is 0 Å².